The quantitative estimate of drug-likeness (QED) is 0.131. The second kappa shape index (κ2) is 21.0. The molecule has 0 N–H and O–H groups in total. The van der Waals surface area contributed by atoms with Crippen molar-refractivity contribution in [2.75, 3.05) is 0 Å². The molecular weight excluding hydrogens is 821 g/mol. The monoisotopic (exact) mass is 905 g/mol. The van der Waals surface area contributed by atoms with E-state index in [1.165, 1.54) is 33.4 Å². The summed E-state index contributed by atoms with van der Waals surface area (Å²) in [5.74, 6) is 39.5. The lowest BCUT2D eigenvalue weighted by Gasteiger charge is -2.38. The van der Waals surface area contributed by atoms with Gasteiger partial charge in [-0.3, -0.25) is 0 Å². The predicted octanol–water partition coefficient (Wildman–Crippen LogP) is 16.0. The summed E-state index contributed by atoms with van der Waals surface area (Å²) >= 11 is 0. The molecule has 0 aliphatic rings. The summed E-state index contributed by atoms with van der Waals surface area (Å²) in [6, 6.07) is 21.7. The first-order chi connectivity index (χ1) is 30.5. The van der Waals surface area contributed by atoms with Gasteiger partial charge in [0.25, 0.3) is 0 Å². The van der Waals surface area contributed by atoms with Gasteiger partial charge in [0, 0.05) is 0 Å². The van der Waals surface area contributed by atoms with Gasteiger partial charge in [-0.05, 0) is 170 Å². The molecule has 352 valence electrons. The first kappa shape index (κ1) is 56.1. The molecule has 1 heteroatoms. The van der Waals surface area contributed by atoms with Crippen molar-refractivity contribution in [3.8, 4) is 82.5 Å². The molecule has 0 radical (unpaired) electrons. The molecule has 3 aromatic rings. The molecule has 0 aliphatic carbocycles. The van der Waals surface area contributed by atoms with E-state index in [0.717, 1.165) is 16.7 Å². The van der Waals surface area contributed by atoms with Crippen LogP contribution in [0.15, 0.2) is 54.6 Å². The molecule has 0 spiro atoms. The normalized spacial score (nSPS) is 12.3. The van der Waals surface area contributed by atoms with Gasteiger partial charge in [-0.15, -0.1) is 5.54 Å². The Kier molecular flexibility index (Phi) is 17.6. The highest BCUT2D eigenvalue weighted by Gasteiger charge is 2.42. The van der Waals surface area contributed by atoms with Crippen LogP contribution in [0.5, 0.6) is 0 Å². The molecule has 0 saturated carbocycles. The zero-order valence-electron chi connectivity index (χ0n) is 46.4. The van der Waals surface area contributed by atoms with Crippen LogP contribution >= 0.6 is 0 Å². The van der Waals surface area contributed by atoms with Crippen molar-refractivity contribution in [1.82, 2.24) is 0 Å². The van der Waals surface area contributed by atoms with E-state index in [1.54, 1.807) is 0 Å². The van der Waals surface area contributed by atoms with Gasteiger partial charge in [0.2, 0.25) is 0 Å². The fraction of sp³-hybridized carbons (Fsp3) is 0.515. The van der Waals surface area contributed by atoms with Crippen molar-refractivity contribution >= 4 is 8.07 Å². The Bertz CT molecular complexity index is 2440. The second-order valence-corrected chi connectivity index (χ2v) is 31.4. The van der Waals surface area contributed by atoms with E-state index >= 15 is 0 Å². The highest BCUT2D eigenvalue weighted by Crippen LogP contribution is 2.47. The van der Waals surface area contributed by atoms with Gasteiger partial charge >= 0.3 is 0 Å². The van der Waals surface area contributed by atoms with Gasteiger partial charge in [-0.1, -0.05) is 227 Å². The van der Waals surface area contributed by atoms with Crippen molar-refractivity contribution in [1.29, 1.82) is 0 Å². The van der Waals surface area contributed by atoms with Crippen LogP contribution in [-0.2, 0) is 37.9 Å². The minimum absolute atomic E-state index is 0.118. The number of hydrogen-bond acceptors (Lipinski definition) is 0. The first-order valence-corrected chi connectivity index (χ1v) is 26.8. The summed E-state index contributed by atoms with van der Waals surface area (Å²) in [5, 5.41) is 0. The van der Waals surface area contributed by atoms with Crippen LogP contribution in [0.3, 0.4) is 0 Å². The van der Waals surface area contributed by atoms with Crippen molar-refractivity contribution < 1.29 is 0 Å². The average Bonchev–Trinajstić information content (AvgIpc) is 3.18. The third-order valence-corrected chi connectivity index (χ3v) is 19.7. The molecule has 3 rings (SSSR count). The second-order valence-electron chi connectivity index (χ2n) is 25.8. The molecule has 0 fully saturated rings. The maximum absolute atomic E-state index is 3.94. The lowest BCUT2D eigenvalue weighted by Crippen LogP contribution is -2.43. The molecule has 0 amide bonds. The molecule has 67 heavy (non-hydrogen) atoms. The third kappa shape index (κ3) is 14.2. The third-order valence-electron chi connectivity index (χ3n) is 13.4. The van der Waals surface area contributed by atoms with Crippen molar-refractivity contribution in [2.24, 2.45) is 0 Å². The van der Waals surface area contributed by atoms with Crippen LogP contribution in [0.25, 0.3) is 0 Å². The molecule has 0 aliphatic heterocycles. The Morgan fingerprint density at radius 1 is 0.269 bits per heavy atom. The highest BCUT2D eigenvalue weighted by molar-refractivity contribution is 6.90. The Labute approximate surface area is 413 Å². The van der Waals surface area contributed by atoms with Gasteiger partial charge in [-0.25, -0.2) is 0 Å². The average molecular weight is 905 g/mol. The van der Waals surface area contributed by atoms with E-state index in [-0.39, 0.29) is 32.5 Å². The SMILES string of the molecule is CC(C)[Si](C#CC#CC#CC#CC#CC#CC#CC(c1cc(C(C)(C)C)cc(C(C)(C)C)c1)(c1cc(C(C)(C)C)cc(C(C)(C)C)c1)c1cc(C(C)(C)C)cc(C(C)(C)C)c1)(C(C)C)C(C)C. The van der Waals surface area contributed by atoms with Crippen LogP contribution in [0.4, 0.5) is 0 Å². The summed E-state index contributed by atoms with van der Waals surface area (Å²) in [6.07, 6.45) is 0. The molecule has 0 nitrogen and oxygen atoms in total. The van der Waals surface area contributed by atoms with E-state index in [1.807, 2.05) is 0 Å². The molecule has 0 heterocycles. The fourth-order valence-corrected chi connectivity index (χ4v) is 14.0. The lowest BCUT2D eigenvalue weighted by atomic mass is 9.64. The zero-order valence-corrected chi connectivity index (χ0v) is 47.4. The maximum Gasteiger partial charge on any atom is 0.147 e. The largest absolute Gasteiger partial charge is 0.147 e. The molecule has 3 aromatic carbocycles. The summed E-state index contributed by atoms with van der Waals surface area (Å²) in [6.45, 7) is 55.3. The summed E-state index contributed by atoms with van der Waals surface area (Å²) in [5.41, 5.74) is 14.7. The van der Waals surface area contributed by atoms with Crippen LogP contribution in [0.1, 0.15) is 216 Å². The predicted molar refractivity (Wildman–Crippen MR) is 297 cm³/mol. The summed E-state index contributed by atoms with van der Waals surface area (Å²) in [4.78, 5) is 0. The number of hydrogen-bond donors (Lipinski definition) is 0. The van der Waals surface area contributed by atoms with E-state index in [4.69, 9.17) is 0 Å². The fourth-order valence-electron chi connectivity index (χ4n) is 8.86. The Balaban J connectivity index is 2.52. The molecule has 0 atom stereocenters. The van der Waals surface area contributed by atoms with Crippen LogP contribution < -0.4 is 0 Å². The van der Waals surface area contributed by atoms with Crippen molar-refractivity contribution in [2.45, 2.75) is 221 Å². The van der Waals surface area contributed by atoms with Gasteiger partial charge < -0.3 is 0 Å². The minimum atomic E-state index is -1.83. The standard InChI is InChI=1S/C66H84Si/c1-48(2)67(49(3)4,50(5)6)38-36-34-32-30-28-26-25-27-29-31-33-35-37-66(57-42-51(60(7,8)9)39-52(43-57)61(10,11)12,58-44-53(62(13,14)15)40-54(45-58)63(16,17)18)59-46-55(64(19,20)21)41-56(47-59)65(22,23)24/h39-50H,1-24H3. The molecule has 0 bridgehead atoms. The van der Waals surface area contributed by atoms with Crippen LogP contribution in [0.2, 0.25) is 16.6 Å². The van der Waals surface area contributed by atoms with Crippen molar-refractivity contribution in [3.63, 3.8) is 0 Å². The number of benzene rings is 3. The zero-order chi connectivity index (χ0) is 51.2. The van der Waals surface area contributed by atoms with Gasteiger partial charge in [0.15, 0.2) is 0 Å². The smallest absolute Gasteiger partial charge is 0.116 e. The minimum Gasteiger partial charge on any atom is -0.116 e. The van der Waals surface area contributed by atoms with Crippen molar-refractivity contribution in [3.05, 3.63) is 105 Å². The molecule has 0 aromatic heterocycles. The summed E-state index contributed by atoms with van der Waals surface area (Å²) < 4.78 is 0. The maximum atomic E-state index is 3.94. The van der Waals surface area contributed by atoms with E-state index < -0.39 is 13.5 Å². The lowest BCUT2D eigenvalue weighted by molar-refractivity contribution is 0.558. The van der Waals surface area contributed by atoms with Crippen LogP contribution in [-0.4, -0.2) is 8.07 Å². The number of rotatable bonds is 6. The molecule has 0 saturated heterocycles. The highest BCUT2D eigenvalue weighted by atomic mass is 28.3. The first-order valence-electron chi connectivity index (χ1n) is 24.5. The van der Waals surface area contributed by atoms with E-state index in [2.05, 4.69) is 303 Å². The van der Waals surface area contributed by atoms with E-state index in [0.29, 0.717) is 16.6 Å². The van der Waals surface area contributed by atoms with Crippen LogP contribution in [0, 0.1) is 82.5 Å². The Hall–Kier alpha value is -5.20. The van der Waals surface area contributed by atoms with Gasteiger partial charge in [0.1, 0.15) is 13.5 Å². The van der Waals surface area contributed by atoms with Gasteiger partial charge in [-0.2, -0.15) is 0 Å². The van der Waals surface area contributed by atoms with E-state index in [9.17, 15) is 0 Å². The van der Waals surface area contributed by atoms with Gasteiger partial charge in [0.05, 0.1) is 0 Å². The molecular formula is C66H84Si. The molecule has 0 unspecified atom stereocenters. The topological polar surface area (TPSA) is 0 Å². The Morgan fingerprint density at radius 3 is 0.642 bits per heavy atom. The summed E-state index contributed by atoms with van der Waals surface area (Å²) in [7, 11) is -1.83. The Morgan fingerprint density at radius 2 is 0.448 bits per heavy atom.